The van der Waals surface area contributed by atoms with Gasteiger partial charge in [0.1, 0.15) is 0 Å². The van der Waals surface area contributed by atoms with Crippen molar-refractivity contribution in [1.29, 1.82) is 0 Å². The lowest BCUT2D eigenvalue weighted by Gasteiger charge is -2.10. The number of nitrogens with zero attached hydrogens (tertiary/aromatic N) is 3. The van der Waals surface area contributed by atoms with Gasteiger partial charge in [0.25, 0.3) is 12.2 Å². The molecule has 0 bridgehead atoms. The maximum Gasteiger partial charge on any atom is 0.273 e. The summed E-state index contributed by atoms with van der Waals surface area (Å²) in [6.45, 7) is 2.12. The van der Waals surface area contributed by atoms with Crippen molar-refractivity contribution < 1.29 is 4.57 Å². The Kier molecular flexibility index (Phi) is 3.87. The Bertz CT molecular complexity index is 1340. The van der Waals surface area contributed by atoms with Crippen LogP contribution in [0.3, 0.4) is 0 Å². The molecule has 28 heavy (non-hydrogen) atoms. The van der Waals surface area contributed by atoms with E-state index in [0.717, 1.165) is 11.4 Å². The summed E-state index contributed by atoms with van der Waals surface area (Å²) in [5.74, 6) is 0.918. The summed E-state index contributed by atoms with van der Waals surface area (Å²) in [6.07, 6.45) is 3.39. The first kappa shape index (κ1) is 16.6. The highest BCUT2D eigenvalue weighted by atomic mass is 15.1. The maximum atomic E-state index is 4.48. The van der Waals surface area contributed by atoms with Crippen molar-refractivity contribution in [3.63, 3.8) is 0 Å². The number of aryl methyl sites for hydroxylation is 2. The van der Waals surface area contributed by atoms with Gasteiger partial charge in [0.05, 0.1) is 12.6 Å². The highest BCUT2D eigenvalue weighted by Crippen LogP contribution is 2.31. The number of benzene rings is 4. The Labute approximate surface area is 164 Å². The molecule has 0 spiro atoms. The first-order chi connectivity index (χ1) is 13.7. The summed E-state index contributed by atoms with van der Waals surface area (Å²) < 4.78 is 1.96. The Morgan fingerprint density at radius 1 is 0.750 bits per heavy atom. The van der Waals surface area contributed by atoms with Crippen LogP contribution >= 0.6 is 0 Å². The first-order valence-corrected chi connectivity index (χ1v) is 9.39. The summed E-state index contributed by atoms with van der Waals surface area (Å²) >= 11 is 0. The normalized spacial score (nSPS) is 11.2. The summed E-state index contributed by atoms with van der Waals surface area (Å²) in [5, 5.41) is 5.11. The quantitative estimate of drug-likeness (QED) is 0.317. The average molecular weight is 362 g/mol. The molecule has 0 aliphatic heterocycles. The molecular weight excluding hydrogens is 342 g/mol. The van der Waals surface area contributed by atoms with E-state index in [9.17, 15) is 0 Å². The lowest BCUT2D eigenvalue weighted by atomic mass is 9.95. The van der Waals surface area contributed by atoms with Crippen molar-refractivity contribution in [2.45, 2.75) is 6.92 Å². The van der Waals surface area contributed by atoms with Gasteiger partial charge in [-0.2, -0.15) is 0 Å². The zero-order valence-corrected chi connectivity index (χ0v) is 15.9. The van der Waals surface area contributed by atoms with Crippen LogP contribution in [0.2, 0.25) is 0 Å². The molecule has 0 amide bonds. The van der Waals surface area contributed by atoms with E-state index in [0.29, 0.717) is 0 Å². The second kappa shape index (κ2) is 6.54. The van der Waals surface area contributed by atoms with Gasteiger partial charge in [0, 0.05) is 0 Å². The van der Waals surface area contributed by atoms with Crippen LogP contribution in [0.4, 0.5) is 0 Å². The highest BCUT2D eigenvalue weighted by molar-refractivity contribution is 6.08. The Morgan fingerprint density at radius 2 is 1.50 bits per heavy atom. The molecule has 0 fully saturated rings. The van der Waals surface area contributed by atoms with Crippen LogP contribution in [-0.4, -0.2) is 9.97 Å². The van der Waals surface area contributed by atoms with Gasteiger partial charge < -0.3 is 0 Å². The van der Waals surface area contributed by atoms with Crippen LogP contribution in [0.5, 0.6) is 0 Å². The topological polar surface area (TPSA) is 29.7 Å². The van der Waals surface area contributed by atoms with E-state index in [1.807, 2.05) is 11.6 Å². The second-order valence-corrected chi connectivity index (χ2v) is 7.20. The van der Waals surface area contributed by atoms with E-state index < -0.39 is 0 Å². The van der Waals surface area contributed by atoms with Crippen LogP contribution in [-0.2, 0) is 7.05 Å². The van der Waals surface area contributed by atoms with Crippen molar-refractivity contribution in [2.75, 3.05) is 0 Å². The van der Waals surface area contributed by atoms with Crippen molar-refractivity contribution in [1.82, 2.24) is 9.97 Å². The third-order valence-corrected chi connectivity index (χ3v) is 5.38. The molecule has 0 unspecified atom stereocenters. The first-order valence-electron chi connectivity index (χ1n) is 9.39. The molecule has 3 heteroatoms. The molecule has 0 N–H and O–H groups in total. The number of hydrogen-bond donors (Lipinski definition) is 0. The molecular formula is C25H20N3+. The molecule has 0 aliphatic carbocycles. The monoisotopic (exact) mass is 362 g/mol. The predicted octanol–water partition coefficient (Wildman–Crippen LogP) is 5.25. The van der Waals surface area contributed by atoms with Crippen molar-refractivity contribution >= 4 is 21.5 Å². The predicted molar refractivity (Wildman–Crippen MR) is 114 cm³/mol. The smallest absolute Gasteiger partial charge is 0.236 e. The molecule has 1 heterocycles. The molecule has 134 valence electrons. The third kappa shape index (κ3) is 2.72. The minimum absolute atomic E-state index is 0.918. The van der Waals surface area contributed by atoms with E-state index in [1.165, 1.54) is 38.2 Å². The van der Waals surface area contributed by atoms with Gasteiger partial charge in [0.15, 0.2) is 0 Å². The highest BCUT2D eigenvalue weighted by Gasteiger charge is 2.14. The molecule has 5 aromatic rings. The van der Waals surface area contributed by atoms with Crippen LogP contribution in [0, 0.1) is 6.92 Å². The second-order valence-electron chi connectivity index (χ2n) is 7.20. The Morgan fingerprint density at radius 3 is 2.39 bits per heavy atom. The van der Waals surface area contributed by atoms with Crippen LogP contribution in [0.25, 0.3) is 44.1 Å². The van der Waals surface area contributed by atoms with E-state index in [4.69, 9.17) is 0 Å². The van der Waals surface area contributed by atoms with Gasteiger partial charge in [-0.15, -0.1) is 0 Å². The zero-order chi connectivity index (χ0) is 19.1. The van der Waals surface area contributed by atoms with Crippen molar-refractivity contribution in [2.24, 2.45) is 7.05 Å². The minimum atomic E-state index is 0.918. The molecule has 5 rings (SSSR count). The Hall–Kier alpha value is -3.59. The molecule has 0 atom stereocenters. The van der Waals surface area contributed by atoms with Crippen LogP contribution in [0.1, 0.15) is 5.56 Å². The standard InChI is InChI=1S/C25H20N3/c1-17-7-8-20(14-24(17)25-27-15-26-16-28(25)2)19-11-12-23-21(13-19)10-9-18-5-3-4-6-22(18)23/h3-16H,1-2H3/q+1. The molecule has 0 saturated carbocycles. The van der Waals surface area contributed by atoms with E-state index in [1.54, 1.807) is 12.7 Å². The zero-order valence-electron chi connectivity index (χ0n) is 15.9. The van der Waals surface area contributed by atoms with Crippen LogP contribution in [0.15, 0.2) is 85.5 Å². The average Bonchev–Trinajstić information content (AvgIpc) is 2.74. The fourth-order valence-corrected chi connectivity index (χ4v) is 3.86. The summed E-state index contributed by atoms with van der Waals surface area (Å²) in [5.41, 5.74) is 4.72. The van der Waals surface area contributed by atoms with Gasteiger partial charge in [-0.1, -0.05) is 70.6 Å². The van der Waals surface area contributed by atoms with Gasteiger partial charge in [0.2, 0.25) is 6.33 Å². The van der Waals surface area contributed by atoms with Gasteiger partial charge >= 0.3 is 0 Å². The van der Waals surface area contributed by atoms with Crippen molar-refractivity contribution in [3.05, 3.63) is 91.0 Å². The number of rotatable bonds is 2. The van der Waals surface area contributed by atoms with E-state index in [2.05, 4.69) is 89.7 Å². The Balaban J connectivity index is 1.67. The molecule has 3 nitrogen and oxygen atoms in total. The summed E-state index contributed by atoms with van der Waals surface area (Å²) in [6, 6.07) is 26.2. The SMILES string of the molecule is Cc1ccc(-c2ccc3c(ccc4ccccc43)c2)cc1-c1ncnc[n+]1C. The third-order valence-electron chi connectivity index (χ3n) is 5.38. The van der Waals surface area contributed by atoms with Gasteiger partial charge in [-0.05, 0) is 57.3 Å². The summed E-state index contributed by atoms with van der Waals surface area (Å²) in [7, 11) is 1.97. The largest absolute Gasteiger partial charge is 0.273 e. The molecule has 0 aliphatic rings. The number of aromatic nitrogens is 3. The number of hydrogen-bond acceptors (Lipinski definition) is 2. The van der Waals surface area contributed by atoms with Gasteiger partial charge in [-0.25, -0.2) is 4.57 Å². The van der Waals surface area contributed by atoms with Gasteiger partial charge in [-0.3, -0.25) is 0 Å². The summed E-state index contributed by atoms with van der Waals surface area (Å²) in [4.78, 5) is 8.57. The fourth-order valence-electron chi connectivity index (χ4n) is 3.86. The van der Waals surface area contributed by atoms with Crippen molar-refractivity contribution in [3.8, 4) is 22.5 Å². The minimum Gasteiger partial charge on any atom is -0.236 e. The lowest BCUT2D eigenvalue weighted by molar-refractivity contribution is -0.666. The molecule has 1 aromatic heterocycles. The fraction of sp³-hybridized carbons (Fsp3) is 0.0800. The maximum absolute atomic E-state index is 4.48. The van der Waals surface area contributed by atoms with E-state index >= 15 is 0 Å². The number of fused-ring (bicyclic) bond motifs is 3. The van der Waals surface area contributed by atoms with Crippen LogP contribution < -0.4 is 4.57 Å². The molecule has 0 radical (unpaired) electrons. The molecule has 0 saturated heterocycles. The molecule has 4 aromatic carbocycles. The lowest BCUT2D eigenvalue weighted by Crippen LogP contribution is -2.32. The van der Waals surface area contributed by atoms with E-state index in [-0.39, 0.29) is 0 Å².